The molecule has 2 aromatic carbocycles. The van der Waals surface area contributed by atoms with E-state index < -0.39 is 0 Å². The largest absolute Gasteiger partial charge is 0.284 e. The first-order chi connectivity index (χ1) is 9.33. The summed E-state index contributed by atoms with van der Waals surface area (Å²) < 4.78 is 0. The fraction of sp³-hybridized carbons (Fsp3) is 0.278. The van der Waals surface area contributed by atoms with E-state index in [4.69, 9.17) is 4.99 Å². The number of aliphatic imine (C=N–C) groups is 1. The Morgan fingerprint density at radius 1 is 1.00 bits per heavy atom. The third kappa shape index (κ3) is 2.76. The second kappa shape index (κ2) is 5.40. The summed E-state index contributed by atoms with van der Waals surface area (Å²) in [5.41, 5.74) is 6.76. The van der Waals surface area contributed by atoms with Crippen LogP contribution in [0.4, 0.5) is 0 Å². The molecule has 0 N–H and O–H groups in total. The van der Waals surface area contributed by atoms with E-state index in [1.807, 2.05) is 0 Å². The highest BCUT2D eigenvalue weighted by Gasteiger charge is 2.14. The summed E-state index contributed by atoms with van der Waals surface area (Å²) in [6, 6.07) is 17.2. The van der Waals surface area contributed by atoms with Crippen molar-refractivity contribution in [1.82, 2.24) is 0 Å². The normalized spacial score (nSPS) is 16.4. The number of benzene rings is 2. The summed E-state index contributed by atoms with van der Waals surface area (Å²) in [5.74, 6) is 0. The zero-order valence-electron chi connectivity index (χ0n) is 11.4. The fourth-order valence-electron chi connectivity index (χ4n) is 2.73. The van der Waals surface area contributed by atoms with Gasteiger partial charge in [0.05, 0.1) is 6.54 Å². The Labute approximate surface area is 115 Å². The highest BCUT2D eigenvalue weighted by atomic mass is 14.7. The minimum atomic E-state index is 0.795. The molecule has 0 aliphatic heterocycles. The van der Waals surface area contributed by atoms with Crippen LogP contribution in [0, 0.1) is 6.92 Å². The maximum absolute atomic E-state index is 4.84. The quantitative estimate of drug-likeness (QED) is 0.751. The minimum absolute atomic E-state index is 0.795. The molecule has 0 aromatic heterocycles. The average Bonchev–Trinajstić information content (AvgIpc) is 2.45. The van der Waals surface area contributed by atoms with Crippen molar-refractivity contribution in [2.45, 2.75) is 32.7 Å². The van der Waals surface area contributed by atoms with Crippen molar-refractivity contribution < 1.29 is 0 Å². The lowest BCUT2D eigenvalue weighted by atomic mass is 9.89. The number of fused-ring (bicyclic) bond motifs is 1. The van der Waals surface area contributed by atoms with Gasteiger partial charge in [-0.1, -0.05) is 54.1 Å². The molecular weight excluding hydrogens is 230 g/mol. The van der Waals surface area contributed by atoms with Crippen LogP contribution < -0.4 is 0 Å². The standard InChI is InChI=1S/C18H19N/c1-14-10-11-17-16(12-14)8-5-9-18(17)19-13-15-6-3-2-4-7-15/h2-4,6-7,10-12H,5,8-9,13H2,1H3. The molecule has 1 aliphatic rings. The predicted octanol–water partition coefficient (Wildman–Crippen LogP) is 4.32. The van der Waals surface area contributed by atoms with Crippen LogP contribution >= 0.6 is 0 Å². The molecule has 0 radical (unpaired) electrons. The van der Waals surface area contributed by atoms with Crippen molar-refractivity contribution in [3.05, 3.63) is 70.8 Å². The predicted molar refractivity (Wildman–Crippen MR) is 80.8 cm³/mol. The Hall–Kier alpha value is -1.89. The molecule has 0 saturated carbocycles. The first kappa shape index (κ1) is 12.2. The lowest BCUT2D eigenvalue weighted by molar-refractivity contribution is 0.830. The lowest BCUT2D eigenvalue weighted by Gasteiger charge is -2.18. The molecule has 1 heteroatoms. The molecule has 0 unspecified atom stereocenters. The van der Waals surface area contributed by atoms with Crippen LogP contribution in [0.25, 0.3) is 0 Å². The summed E-state index contributed by atoms with van der Waals surface area (Å²) >= 11 is 0. The number of rotatable bonds is 2. The Balaban J connectivity index is 1.87. The molecule has 1 aliphatic carbocycles. The van der Waals surface area contributed by atoms with E-state index >= 15 is 0 Å². The molecule has 19 heavy (non-hydrogen) atoms. The lowest BCUT2D eigenvalue weighted by Crippen LogP contribution is -2.12. The van der Waals surface area contributed by atoms with Crippen LogP contribution in [0.15, 0.2) is 53.5 Å². The van der Waals surface area contributed by atoms with E-state index in [0.29, 0.717) is 0 Å². The van der Waals surface area contributed by atoms with Crippen LogP contribution in [-0.4, -0.2) is 5.71 Å². The monoisotopic (exact) mass is 249 g/mol. The van der Waals surface area contributed by atoms with E-state index in [0.717, 1.165) is 13.0 Å². The molecule has 0 atom stereocenters. The maximum Gasteiger partial charge on any atom is 0.0643 e. The summed E-state index contributed by atoms with van der Waals surface area (Å²) in [7, 11) is 0. The summed E-state index contributed by atoms with van der Waals surface area (Å²) in [6.45, 7) is 2.96. The van der Waals surface area contributed by atoms with Gasteiger partial charge in [0.2, 0.25) is 0 Å². The molecule has 2 aromatic rings. The Kier molecular flexibility index (Phi) is 3.45. The van der Waals surface area contributed by atoms with Crippen LogP contribution in [-0.2, 0) is 13.0 Å². The van der Waals surface area contributed by atoms with E-state index in [1.54, 1.807) is 0 Å². The van der Waals surface area contributed by atoms with Gasteiger partial charge in [-0.15, -0.1) is 0 Å². The van der Waals surface area contributed by atoms with E-state index in [-0.39, 0.29) is 0 Å². The van der Waals surface area contributed by atoms with Gasteiger partial charge in [0.1, 0.15) is 0 Å². The maximum atomic E-state index is 4.84. The van der Waals surface area contributed by atoms with Gasteiger partial charge in [0.15, 0.2) is 0 Å². The van der Waals surface area contributed by atoms with Crippen LogP contribution in [0.5, 0.6) is 0 Å². The van der Waals surface area contributed by atoms with Crippen LogP contribution in [0.1, 0.15) is 35.1 Å². The van der Waals surface area contributed by atoms with E-state index in [9.17, 15) is 0 Å². The fourth-order valence-corrected chi connectivity index (χ4v) is 2.73. The van der Waals surface area contributed by atoms with Gasteiger partial charge in [-0.2, -0.15) is 0 Å². The van der Waals surface area contributed by atoms with Gasteiger partial charge in [-0.25, -0.2) is 0 Å². The van der Waals surface area contributed by atoms with Crippen molar-refractivity contribution >= 4 is 5.71 Å². The van der Waals surface area contributed by atoms with Crippen LogP contribution in [0.3, 0.4) is 0 Å². The van der Waals surface area contributed by atoms with Crippen molar-refractivity contribution in [3.63, 3.8) is 0 Å². The highest BCUT2D eigenvalue weighted by Crippen LogP contribution is 2.23. The Bertz CT molecular complexity index is 596. The summed E-state index contributed by atoms with van der Waals surface area (Å²) in [4.78, 5) is 4.84. The first-order valence-electron chi connectivity index (χ1n) is 7.00. The van der Waals surface area contributed by atoms with Crippen molar-refractivity contribution in [2.24, 2.45) is 4.99 Å². The second-order valence-corrected chi connectivity index (χ2v) is 5.26. The van der Waals surface area contributed by atoms with Crippen molar-refractivity contribution in [3.8, 4) is 0 Å². The number of hydrogen-bond acceptors (Lipinski definition) is 1. The zero-order chi connectivity index (χ0) is 13.1. The van der Waals surface area contributed by atoms with E-state index in [1.165, 1.54) is 40.8 Å². The Morgan fingerprint density at radius 2 is 1.84 bits per heavy atom. The van der Waals surface area contributed by atoms with Gasteiger partial charge in [0, 0.05) is 5.71 Å². The van der Waals surface area contributed by atoms with Crippen molar-refractivity contribution in [1.29, 1.82) is 0 Å². The molecule has 1 nitrogen and oxygen atoms in total. The number of aryl methyl sites for hydroxylation is 2. The van der Waals surface area contributed by atoms with Gasteiger partial charge >= 0.3 is 0 Å². The summed E-state index contributed by atoms with van der Waals surface area (Å²) in [6.07, 6.45) is 3.54. The highest BCUT2D eigenvalue weighted by molar-refractivity contribution is 6.02. The smallest absolute Gasteiger partial charge is 0.0643 e. The Morgan fingerprint density at radius 3 is 2.68 bits per heavy atom. The summed E-state index contributed by atoms with van der Waals surface area (Å²) in [5, 5.41) is 0. The molecule has 0 heterocycles. The van der Waals surface area contributed by atoms with Gasteiger partial charge < -0.3 is 0 Å². The van der Waals surface area contributed by atoms with Gasteiger partial charge in [-0.05, 0) is 42.9 Å². The number of hydrogen-bond donors (Lipinski definition) is 0. The third-order valence-electron chi connectivity index (χ3n) is 3.73. The first-order valence-corrected chi connectivity index (χ1v) is 7.00. The zero-order valence-corrected chi connectivity index (χ0v) is 11.4. The molecular formula is C18H19N. The second-order valence-electron chi connectivity index (χ2n) is 5.26. The molecule has 0 saturated heterocycles. The molecule has 0 bridgehead atoms. The molecule has 3 rings (SSSR count). The van der Waals surface area contributed by atoms with Gasteiger partial charge in [0.25, 0.3) is 0 Å². The molecule has 0 fully saturated rings. The van der Waals surface area contributed by atoms with E-state index in [2.05, 4.69) is 55.5 Å². The molecule has 0 spiro atoms. The third-order valence-corrected chi connectivity index (χ3v) is 3.73. The van der Waals surface area contributed by atoms with Gasteiger partial charge in [-0.3, -0.25) is 4.99 Å². The average molecular weight is 249 g/mol. The van der Waals surface area contributed by atoms with Crippen LogP contribution in [0.2, 0.25) is 0 Å². The minimum Gasteiger partial charge on any atom is -0.284 e. The SMILES string of the molecule is Cc1ccc2c(c1)CCCC2=NCc1ccccc1. The number of nitrogens with zero attached hydrogens (tertiary/aromatic N) is 1. The molecule has 96 valence electrons. The van der Waals surface area contributed by atoms with Crippen molar-refractivity contribution in [2.75, 3.05) is 0 Å². The topological polar surface area (TPSA) is 12.4 Å². The molecule has 0 amide bonds.